The van der Waals surface area contributed by atoms with Crippen LogP contribution in [0.25, 0.3) is 0 Å². The van der Waals surface area contributed by atoms with Gasteiger partial charge < -0.3 is 11.1 Å². The standard InChI is InChI=1S/C14H22N2OS/c1-10-4-7-18-11(10)13(2,3)9-16-12(17)14(8-15)5-6-14/h4,7H,5-6,8-9,15H2,1-3H3,(H,16,17). The minimum Gasteiger partial charge on any atom is -0.355 e. The average molecular weight is 266 g/mol. The third-order valence-electron chi connectivity index (χ3n) is 3.89. The summed E-state index contributed by atoms with van der Waals surface area (Å²) < 4.78 is 0. The van der Waals surface area contributed by atoms with Crippen LogP contribution in [0.15, 0.2) is 11.4 Å². The molecular weight excluding hydrogens is 244 g/mol. The van der Waals surface area contributed by atoms with Crippen molar-refractivity contribution in [1.82, 2.24) is 5.32 Å². The number of nitrogens with one attached hydrogen (secondary N) is 1. The van der Waals surface area contributed by atoms with Gasteiger partial charge in [-0.25, -0.2) is 0 Å². The Labute approximate surface area is 113 Å². The number of carbonyl (C=O) groups excluding carboxylic acids is 1. The highest BCUT2D eigenvalue weighted by atomic mass is 32.1. The van der Waals surface area contributed by atoms with Gasteiger partial charge in [0.2, 0.25) is 5.91 Å². The Kier molecular flexibility index (Phi) is 3.52. The molecular formula is C14H22N2OS. The number of aryl methyl sites for hydroxylation is 1. The molecule has 1 fully saturated rings. The fourth-order valence-electron chi connectivity index (χ4n) is 2.31. The molecule has 0 radical (unpaired) electrons. The van der Waals surface area contributed by atoms with Gasteiger partial charge in [-0.15, -0.1) is 11.3 Å². The molecule has 0 atom stereocenters. The molecule has 18 heavy (non-hydrogen) atoms. The van der Waals surface area contributed by atoms with E-state index in [1.807, 2.05) is 0 Å². The van der Waals surface area contributed by atoms with Gasteiger partial charge in [0.05, 0.1) is 5.41 Å². The van der Waals surface area contributed by atoms with Gasteiger partial charge in [0.25, 0.3) is 0 Å². The second kappa shape index (κ2) is 4.67. The summed E-state index contributed by atoms with van der Waals surface area (Å²) in [6.07, 6.45) is 1.88. The first-order valence-electron chi connectivity index (χ1n) is 6.44. The van der Waals surface area contributed by atoms with Crippen LogP contribution >= 0.6 is 11.3 Å². The van der Waals surface area contributed by atoms with Gasteiger partial charge in [0, 0.05) is 23.4 Å². The molecule has 0 spiro atoms. The highest BCUT2D eigenvalue weighted by Gasteiger charge is 2.48. The fraction of sp³-hybridized carbons (Fsp3) is 0.643. The van der Waals surface area contributed by atoms with Crippen LogP contribution in [-0.4, -0.2) is 19.0 Å². The third-order valence-corrected chi connectivity index (χ3v) is 5.28. The van der Waals surface area contributed by atoms with Gasteiger partial charge in [-0.2, -0.15) is 0 Å². The normalized spacial score (nSPS) is 17.6. The second-order valence-electron chi connectivity index (χ2n) is 5.98. The SMILES string of the molecule is Cc1ccsc1C(C)(C)CNC(=O)C1(CN)CC1. The van der Waals surface area contributed by atoms with E-state index < -0.39 is 0 Å². The summed E-state index contributed by atoms with van der Waals surface area (Å²) in [6, 6.07) is 2.13. The zero-order valence-electron chi connectivity index (χ0n) is 11.4. The lowest BCUT2D eigenvalue weighted by atomic mass is 9.89. The Bertz CT molecular complexity index is 446. The molecule has 1 heterocycles. The van der Waals surface area contributed by atoms with E-state index in [4.69, 9.17) is 5.73 Å². The van der Waals surface area contributed by atoms with Crippen molar-refractivity contribution >= 4 is 17.2 Å². The Morgan fingerprint density at radius 3 is 2.67 bits per heavy atom. The largest absolute Gasteiger partial charge is 0.355 e. The van der Waals surface area contributed by atoms with Crippen LogP contribution in [-0.2, 0) is 10.2 Å². The summed E-state index contributed by atoms with van der Waals surface area (Å²) in [7, 11) is 0. The Hall–Kier alpha value is -0.870. The van der Waals surface area contributed by atoms with Crippen LogP contribution in [0.3, 0.4) is 0 Å². The van der Waals surface area contributed by atoms with E-state index >= 15 is 0 Å². The topological polar surface area (TPSA) is 55.1 Å². The van der Waals surface area contributed by atoms with E-state index in [1.165, 1.54) is 10.4 Å². The van der Waals surface area contributed by atoms with Crippen LogP contribution in [0.5, 0.6) is 0 Å². The van der Waals surface area contributed by atoms with E-state index in [2.05, 4.69) is 37.5 Å². The molecule has 0 bridgehead atoms. The number of rotatable bonds is 5. The number of carbonyl (C=O) groups is 1. The van der Waals surface area contributed by atoms with Crippen molar-refractivity contribution < 1.29 is 4.79 Å². The van der Waals surface area contributed by atoms with Crippen molar-refractivity contribution in [2.24, 2.45) is 11.1 Å². The van der Waals surface area contributed by atoms with Crippen molar-refractivity contribution in [2.75, 3.05) is 13.1 Å². The Morgan fingerprint density at radius 2 is 2.22 bits per heavy atom. The first-order chi connectivity index (χ1) is 8.41. The summed E-state index contributed by atoms with van der Waals surface area (Å²) in [6.45, 7) is 7.62. The molecule has 4 heteroatoms. The van der Waals surface area contributed by atoms with Crippen LogP contribution in [0.1, 0.15) is 37.1 Å². The zero-order chi connectivity index (χ0) is 13.4. The number of hydrogen-bond donors (Lipinski definition) is 2. The van der Waals surface area contributed by atoms with E-state index in [1.54, 1.807) is 11.3 Å². The third kappa shape index (κ3) is 2.45. The van der Waals surface area contributed by atoms with E-state index in [0.29, 0.717) is 13.1 Å². The van der Waals surface area contributed by atoms with Gasteiger partial charge in [-0.1, -0.05) is 13.8 Å². The molecule has 0 unspecified atom stereocenters. The van der Waals surface area contributed by atoms with Crippen LogP contribution < -0.4 is 11.1 Å². The van der Waals surface area contributed by atoms with Gasteiger partial charge in [0.15, 0.2) is 0 Å². The second-order valence-corrected chi connectivity index (χ2v) is 6.90. The maximum absolute atomic E-state index is 12.1. The van der Waals surface area contributed by atoms with Gasteiger partial charge in [-0.3, -0.25) is 4.79 Å². The summed E-state index contributed by atoms with van der Waals surface area (Å²) in [5.41, 5.74) is 6.71. The molecule has 3 N–H and O–H groups in total. The number of hydrogen-bond acceptors (Lipinski definition) is 3. The predicted octanol–water partition coefficient (Wildman–Crippen LogP) is 2.19. The highest BCUT2D eigenvalue weighted by Crippen LogP contribution is 2.44. The minimum atomic E-state index is -0.249. The molecule has 3 nitrogen and oxygen atoms in total. The molecule has 1 aromatic heterocycles. The van der Waals surface area contributed by atoms with E-state index in [-0.39, 0.29) is 16.7 Å². The maximum Gasteiger partial charge on any atom is 0.227 e. The van der Waals surface area contributed by atoms with Gasteiger partial charge in [-0.05, 0) is 36.8 Å². The van der Waals surface area contributed by atoms with Crippen LogP contribution in [0.4, 0.5) is 0 Å². The molecule has 1 amide bonds. The first kappa shape index (κ1) is 13.6. The molecule has 1 aliphatic rings. The molecule has 2 rings (SSSR count). The minimum absolute atomic E-state index is 0.0153. The van der Waals surface area contributed by atoms with Gasteiger partial charge >= 0.3 is 0 Å². The molecule has 1 aromatic rings. The molecule has 0 aromatic carbocycles. The Morgan fingerprint density at radius 1 is 1.56 bits per heavy atom. The molecule has 1 saturated carbocycles. The van der Waals surface area contributed by atoms with Crippen molar-refractivity contribution in [2.45, 2.75) is 39.0 Å². The zero-order valence-corrected chi connectivity index (χ0v) is 12.2. The van der Waals surface area contributed by atoms with E-state index in [9.17, 15) is 4.79 Å². The smallest absolute Gasteiger partial charge is 0.227 e. The Balaban J connectivity index is 1.98. The number of amides is 1. The quantitative estimate of drug-likeness (QED) is 0.858. The van der Waals surface area contributed by atoms with Crippen LogP contribution in [0, 0.1) is 12.3 Å². The fourth-order valence-corrected chi connectivity index (χ4v) is 3.36. The number of thiophene rings is 1. The van der Waals surface area contributed by atoms with Crippen molar-refractivity contribution in [3.8, 4) is 0 Å². The maximum atomic E-state index is 12.1. The summed E-state index contributed by atoms with van der Waals surface area (Å²) in [5.74, 6) is 0.132. The van der Waals surface area contributed by atoms with Crippen molar-refractivity contribution in [1.29, 1.82) is 0 Å². The van der Waals surface area contributed by atoms with Gasteiger partial charge in [0.1, 0.15) is 0 Å². The first-order valence-corrected chi connectivity index (χ1v) is 7.32. The van der Waals surface area contributed by atoms with E-state index in [0.717, 1.165) is 12.8 Å². The van der Waals surface area contributed by atoms with Crippen molar-refractivity contribution in [3.63, 3.8) is 0 Å². The lowest BCUT2D eigenvalue weighted by Gasteiger charge is -2.26. The summed E-state index contributed by atoms with van der Waals surface area (Å²) in [5, 5.41) is 5.19. The highest BCUT2D eigenvalue weighted by molar-refractivity contribution is 7.10. The molecule has 0 aliphatic heterocycles. The lowest BCUT2D eigenvalue weighted by molar-refractivity contribution is -0.126. The molecule has 100 valence electrons. The predicted molar refractivity (Wildman–Crippen MR) is 75.8 cm³/mol. The summed E-state index contributed by atoms with van der Waals surface area (Å²) >= 11 is 1.76. The molecule has 1 aliphatic carbocycles. The monoisotopic (exact) mass is 266 g/mol. The summed E-state index contributed by atoms with van der Waals surface area (Å²) in [4.78, 5) is 13.4. The van der Waals surface area contributed by atoms with Crippen LogP contribution in [0.2, 0.25) is 0 Å². The molecule has 0 saturated heterocycles. The average Bonchev–Trinajstić information content (AvgIpc) is 3.02. The lowest BCUT2D eigenvalue weighted by Crippen LogP contribution is -2.42. The van der Waals surface area contributed by atoms with Crippen molar-refractivity contribution in [3.05, 3.63) is 21.9 Å². The number of nitrogens with two attached hydrogens (primary N) is 1.